The number of quaternary nitrogens is 2. The van der Waals surface area contributed by atoms with Crippen molar-refractivity contribution in [2.24, 2.45) is 5.92 Å². The summed E-state index contributed by atoms with van der Waals surface area (Å²) in [5, 5.41) is 19.6. The highest BCUT2D eigenvalue weighted by molar-refractivity contribution is 7.98. The average Bonchev–Trinajstić information content (AvgIpc) is 2.58. The number of aliphatic carboxylic acids is 2. The number of carbonyl (C=O) groups is 3. The van der Waals surface area contributed by atoms with Crippen LogP contribution in [0.25, 0.3) is 0 Å². The normalized spacial score (nSPS) is 13.2. The fraction of sp³-hybridized carbons (Fsp3) is 0.800. The van der Waals surface area contributed by atoms with Gasteiger partial charge in [-0.05, 0) is 12.0 Å². The molecule has 0 bridgehead atoms. The number of nitrogens with two attached hydrogens (primary N) is 1. The van der Waals surface area contributed by atoms with E-state index in [-0.39, 0.29) is 12.0 Å². The molecule has 0 aliphatic heterocycles. The van der Waals surface area contributed by atoms with E-state index in [2.05, 4.69) is 17.3 Å². The molecule has 0 spiro atoms. The molecule has 0 unspecified atom stereocenters. The fourth-order valence-electron chi connectivity index (χ4n) is 1.52. The third kappa shape index (κ3) is 19.6. The number of carboxylic acid groups (broad SMARTS) is 2. The lowest BCUT2D eigenvalue weighted by Gasteiger charge is -2.17. The molecule has 30 heavy (non-hydrogen) atoms. The summed E-state index contributed by atoms with van der Waals surface area (Å²) < 4.78 is 67.9. The van der Waals surface area contributed by atoms with Crippen molar-refractivity contribution in [2.45, 2.75) is 44.7 Å². The van der Waals surface area contributed by atoms with Crippen molar-refractivity contribution in [3.05, 3.63) is 0 Å². The van der Waals surface area contributed by atoms with Gasteiger partial charge in [-0.3, -0.25) is 0 Å². The molecule has 2 atom stereocenters. The number of methoxy groups -OCH3 is 1. The maximum absolute atomic E-state index is 11.5. The second-order valence-corrected chi connectivity index (χ2v) is 6.97. The van der Waals surface area contributed by atoms with Crippen molar-refractivity contribution in [1.29, 1.82) is 0 Å². The number of thioether (sulfide) groups is 1. The lowest BCUT2D eigenvalue weighted by molar-refractivity contribution is -0.705. The topological polar surface area (TPSA) is 151 Å². The first-order valence-corrected chi connectivity index (χ1v) is 9.60. The number of esters is 1. The van der Waals surface area contributed by atoms with Crippen LogP contribution in [-0.4, -0.2) is 68.0 Å². The molecule has 0 rings (SSSR count). The molecule has 0 fully saturated rings. The van der Waals surface area contributed by atoms with Crippen LogP contribution in [0, 0.1) is 5.92 Å². The minimum atomic E-state index is -5.19. The quantitative estimate of drug-likeness (QED) is 0.296. The molecule has 0 radical (unpaired) electrons. The molecule has 0 heterocycles. The first-order valence-electron chi connectivity index (χ1n) is 8.21. The van der Waals surface area contributed by atoms with Gasteiger partial charge < -0.3 is 35.6 Å². The van der Waals surface area contributed by atoms with Gasteiger partial charge in [0.05, 0.1) is 7.11 Å². The summed E-state index contributed by atoms with van der Waals surface area (Å²) >= 11 is 1.84. The van der Waals surface area contributed by atoms with Gasteiger partial charge in [0.2, 0.25) is 0 Å². The molecule has 0 aromatic carbocycles. The molecule has 0 amide bonds. The van der Waals surface area contributed by atoms with Crippen LogP contribution in [0.5, 0.6) is 0 Å². The van der Waals surface area contributed by atoms with Gasteiger partial charge >= 0.3 is 18.3 Å². The van der Waals surface area contributed by atoms with Gasteiger partial charge in [-0.25, -0.2) is 4.79 Å². The summed E-state index contributed by atoms with van der Waals surface area (Å²) in [4.78, 5) is 29.1. The number of hydrogen-bond donors (Lipinski definition) is 2. The van der Waals surface area contributed by atoms with Crippen molar-refractivity contribution < 1.29 is 66.7 Å². The number of rotatable bonds is 8. The van der Waals surface area contributed by atoms with Crippen molar-refractivity contribution >= 4 is 29.7 Å². The van der Waals surface area contributed by atoms with E-state index >= 15 is 0 Å². The molecular formula is C15H26F6N2O6S. The van der Waals surface area contributed by atoms with Crippen LogP contribution < -0.4 is 21.3 Å². The van der Waals surface area contributed by atoms with Crippen LogP contribution >= 0.6 is 11.8 Å². The van der Waals surface area contributed by atoms with Crippen molar-refractivity contribution in [1.82, 2.24) is 0 Å². The highest BCUT2D eigenvalue weighted by Gasteiger charge is 2.29. The van der Waals surface area contributed by atoms with Crippen LogP contribution in [0.1, 0.15) is 20.3 Å². The lowest BCUT2D eigenvalue weighted by Crippen LogP contribution is -2.97. The number of ether oxygens (including phenoxy) is 1. The summed E-state index contributed by atoms with van der Waals surface area (Å²) in [5.41, 5.74) is 4.10. The highest BCUT2D eigenvalue weighted by Crippen LogP contribution is 2.12. The summed E-state index contributed by atoms with van der Waals surface area (Å²) in [7, 11) is 1.45. The second kappa shape index (κ2) is 16.0. The number of alkyl halides is 6. The van der Waals surface area contributed by atoms with E-state index in [0.29, 0.717) is 12.0 Å². The Bertz CT molecular complexity index is 493. The minimum absolute atomic E-state index is 0.0940. The third-order valence-corrected chi connectivity index (χ3v) is 3.75. The summed E-state index contributed by atoms with van der Waals surface area (Å²) in [6.45, 7) is 4.97. The van der Waals surface area contributed by atoms with Gasteiger partial charge in [-0.2, -0.15) is 38.1 Å². The number of carboxylic acids is 2. The number of carbonyl (C=O) groups excluding carboxylic acids is 3. The molecule has 15 heteroatoms. The van der Waals surface area contributed by atoms with E-state index in [0.717, 1.165) is 18.7 Å². The Kier molecular flexibility index (Phi) is 17.6. The Morgan fingerprint density at radius 2 is 1.40 bits per heavy atom. The molecule has 0 saturated heterocycles. The zero-order chi connectivity index (χ0) is 24.7. The van der Waals surface area contributed by atoms with Crippen molar-refractivity contribution in [2.75, 3.05) is 25.7 Å². The average molecular weight is 476 g/mol. The van der Waals surface area contributed by atoms with Crippen LogP contribution in [0.3, 0.4) is 0 Å². The summed E-state index contributed by atoms with van der Waals surface area (Å²) in [6, 6.07) is 0.307. The predicted molar refractivity (Wildman–Crippen MR) is 89.2 cm³/mol. The maximum Gasteiger partial charge on any atom is 0.430 e. The number of hydrogen-bond acceptors (Lipinski definition) is 7. The Hall–Kier alpha value is -1.74. The molecule has 0 saturated carbocycles. The summed E-state index contributed by atoms with van der Waals surface area (Å²) in [5.74, 6) is -4.72. The maximum atomic E-state index is 11.5. The van der Waals surface area contributed by atoms with E-state index in [4.69, 9.17) is 24.5 Å². The van der Waals surface area contributed by atoms with Crippen LogP contribution in [0.15, 0.2) is 0 Å². The minimum Gasteiger partial charge on any atom is -0.542 e. The van der Waals surface area contributed by atoms with Crippen molar-refractivity contribution in [3.8, 4) is 0 Å². The van der Waals surface area contributed by atoms with E-state index in [1.807, 2.05) is 25.6 Å². The monoisotopic (exact) mass is 476 g/mol. The molecule has 0 aliphatic carbocycles. The van der Waals surface area contributed by atoms with Crippen LogP contribution in [0.4, 0.5) is 26.3 Å². The zero-order valence-corrected chi connectivity index (χ0v) is 17.6. The van der Waals surface area contributed by atoms with Crippen molar-refractivity contribution in [3.63, 3.8) is 0 Å². The standard InChI is InChI=1S/C11H24N2O2S.2C2HF3O2/c1-8(2)10(11(14)15-3)13-7-9(12)5-6-16-4;2*3-2(4,5)1(6)7/h8-10,13H,5-7,12H2,1-4H3;2*(H,6,7)/t9-,10-;;/m0../s1. The van der Waals surface area contributed by atoms with Crippen LogP contribution in [0.2, 0.25) is 0 Å². The third-order valence-electron chi connectivity index (χ3n) is 3.11. The van der Waals surface area contributed by atoms with E-state index in [1.165, 1.54) is 7.11 Å². The molecular weight excluding hydrogens is 450 g/mol. The summed E-state index contributed by atoms with van der Waals surface area (Å²) in [6.07, 6.45) is -7.19. The molecule has 0 aliphatic rings. The Morgan fingerprint density at radius 1 is 1.03 bits per heavy atom. The smallest absolute Gasteiger partial charge is 0.430 e. The Labute approximate surface area is 173 Å². The van der Waals surface area contributed by atoms with Crippen LogP contribution in [-0.2, 0) is 19.1 Å². The lowest BCUT2D eigenvalue weighted by atomic mass is 10.0. The fourth-order valence-corrected chi connectivity index (χ4v) is 2.09. The Balaban J connectivity index is -0.000000430. The van der Waals surface area contributed by atoms with E-state index in [9.17, 15) is 31.1 Å². The second-order valence-electron chi connectivity index (χ2n) is 5.98. The van der Waals surface area contributed by atoms with E-state index in [1.54, 1.807) is 0 Å². The molecule has 180 valence electrons. The SMILES string of the molecule is COC(=O)[C@@H]([NH2+]C[C@@H]([NH3+])CCSC)C(C)C.O=C([O-])C(F)(F)F.O=C([O-])C(F)(F)F. The first-order chi connectivity index (χ1) is 13.4. The zero-order valence-electron chi connectivity index (χ0n) is 16.8. The largest absolute Gasteiger partial charge is 0.542 e. The predicted octanol–water partition coefficient (Wildman–Crippen LogP) is -2.29. The van der Waals surface area contributed by atoms with Gasteiger partial charge in [0.15, 0.2) is 6.04 Å². The van der Waals surface area contributed by atoms with Gasteiger partial charge in [0, 0.05) is 12.3 Å². The van der Waals surface area contributed by atoms with E-state index < -0.39 is 24.3 Å². The van der Waals surface area contributed by atoms with Gasteiger partial charge in [0.1, 0.15) is 24.5 Å². The van der Waals surface area contributed by atoms with Gasteiger partial charge in [0.25, 0.3) is 0 Å². The van der Waals surface area contributed by atoms with Gasteiger partial charge in [-0.15, -0.1) is 0 Å². The number of halogens is 6. The highest BCUT2D eigenvalue weighted by atomic mass is 32.2. The molecule has 0 aromatic heterocycles. The van der Waals surface area contributed by atoms with Gasteiger partial charge in [-0.1, -0.05) is 13.8 Å². The Morgan fingerprint density at radius 3 is 1.63 bits per heavy atom. The first kappa shape index (κ1) is 32.9. The molecule has 5 N–H and O–H groups in total. The molecule has 8 nitrogen and oxygen atoms in total. The molecule has 0 aromatic rings.